The van der Waals surface area contributed by atoms with Gasteiger partial charge in [-0.05, 0) is 43.3 Å². The van der Waals surface area contributed by atoms with Gasteiger partial charge in [-0.15, -0.1) is 0 Å². The lowest BCUT2D eigenvalue weighted by Gasteiger charge is -2.05. The van der Waals surface area contributed by atoms with Gasteiger partial charge in [-0.1, -0.05) is 23.5 Å². The number of ketones is 1. The van der Waals surface area contributed by atoms with Crippen molar-refractivity contribution in [2.45, 2.75) is 6.92 Å². The molecule has 0 aliphatic heterocycles. The van der Waals surface area contributed by atoms with Gasteiger partial charge in [-0.2, -0.15) is 0 Å². The predicted molar refractivity (Wildman–Crippen MR) is 90.1 cm³/mol. The number of fused-ring (bicyclic) bond motifs is 1. The minimum atomic E-state index is 0.0299. The minimum absolute atomic E-state index is 0.0299. The van der Waals surface area contributed by atoms with E-state index in [0.29, 0.717) is 12.2 Å². The summed E-state index contributed by atoms with van der Waals surface area (Å²) in [5.74, 6) is 0.806. The maximum atomic E-state index is 12.2. The van der Waals surface area contributed by atoms with Crippen LogP contribution >= 0.6 is 11.3 Å². The molecule has 3 aromatic rings. The van der Waals surface area contributed by atoms with Crippen molar-refractivity contribution in [2.24, 2.45) is 0 Å². The number of rotatable bonds is 6. The molecule has 2 aromatic carbocycles. The highest BCUT2D eigenvalue weighted by Gasteiger charge is 2.08. The number of aromatic nitrogens is 1. The van der Waals surface area contributed by atoms with Crippen LogP contribution in [0.25, 0.3) is 10.2 Å². The number of carbonyl (C=O) groups excluding carboxylic acids is 1. The lowest BCUT2D eigenvalue weighted by Crippen LogP contribution is -2.13. The van der Waals surface area contributed by atoms with Gasteiger partial charge in [0.15, 0.2) is 10.9 Å². The van der Waals surface area contributed by atoms with E-state index in [9.17, 15) is 4.79 Å². The van der Waals surface area contributed by atoms with Crippen molar-refractivity contribution < 1.29 is 9.53 Å². The van der Waals surface area contributed by atoms with Gasteiger partial charge < -0.3 is 10.1 Å². The molecule has 0 atom stereocenters. The summed E-state index contributed by atoms with van der Waals surface area (Å²) in [6.07, 6.45) is 0. The monoisotopic (exact) mass is 312 g/mol. The van der Waals surface area contributed by atoms with Crippen molar-refractivity contribution in [3.63, 3.8) is 0 Å². The fourth-order valence-corrected chi connectivity index (χ4v) is 2.97. The van der Waals surface area contributed by atoms with Crippen molar-refractivity contribution in [3.8, 4) is 5.75 Å². The molecule has 1 N–H and O–H groups in total. The number of nitrogens with one attached hydrogen (secondary N) is 1. The Hall–Kier alpha value is -2.40. The molecule has 1 aromatic heterocycles. The molecule has 4 nitrogen and oxygen atoms in total. The summed E-state index contributed by atoms with van der Waals surface area (Å²) in [5.41, 5.74) is 1.61. The van der Waals surface area contributed by atoms with Crippen LogP contribution in [0.1, 0.15) is 17.3 Å². The number of hydrogen-bond donors (Lipinski definition) is 1. The van der Waals surface area contributed by atoms with Gasteiger partial charge in [0.2, 0.25) is 0 Å². The average molecular weight is 312 g/mol. The van der Waals surface area contributed by atoms with Crippen molar-refractivity contribution in [1.82, 2.24) is 4.98 Å². The van der Waals surface area contributed by atoms with Gasteiger partial charge in [0, 0.05) is 5.56 Å². The second kappa shape index (κ2) is 6.58. The van der Waals surface area contributed by atoms with Crippen LogP contribution in [-0.2, 0) is 0 Å². The van der Waals surface area contributed by atoms with Crippen LogP contribution in [0.2, 0.25) is 0 Å². The Balaban J connectivity index is 1.64. The summed E-state index contributed by atoms with van der Waals surface area (Å²) < 4.78 is 6.48. The molecule has 3 rings (SSSR count). The number of carbonyl (C=O) groups is 1. The molecule has 22 heavy (non-hydrogen) atoms. The zero-order valence-corrected chi connectivity index (χ0v) is 13.0. The van der Waals surface area contributed by atoms with E-state index in [4.69, 9.17) is 4.74 Å². The quantitative estimate of drug-likeness (QED) is 0.699. The summed E-state index contributed by atoms with van der Waals surface area (Å²) in [6.45, 7) is 2.78. The van der Waals surface area contributed by atoms with Gasteiger partial charge in [-0.25, -0.2) is 4.98 Å². The Morgan fingerprint density at radius 3 is 2.68 bits per heavy atom. The number of hydrogen-bond acceptors (Lipinski definition) is 5. The van der Waals surface area contributed by atoms with Crippen molar-refractivity contribution in [3.05, 3.63) is 54.1 Å². The van der Waals surface area contributed by atoms with E-state index >= 15 is 0 Å². The number of Topliss-reactive ketones (excluding diaryl/α,β-unsaturated/α-hetero) is 1. The first kappa shape index (κ1) is 14.5. The third kappa shape index (κ3) is 3.26. The molecule has 0 spiro atoms. The van der Waals surface area contributed by atoms with Crippen molar-refractivity contribution in [2.75, 3.05) is 18.5 Å². The third-order valence-corrected chi connectivity index (χ3v) is 4.18. The smallest absolute Gasteiger partial charge is 0.184 e. The molecule has 0 radical (unpaired) electrons. The Morgan fingerprint density at radius 1 is 1.18 bits per heavy atom. The van der Waals surface area contributed by atoms with E-state index in [1.807, 2.05) is 43.3 Å². The van der Waals surface area contributed by atoms with Gasteiger partial charge in [0.1, 0.15) is 5.75 Å². The number of nitrogens with zero attached hydrogens (tertiary/aromatic N) is 1. The molecule has 112 valence electrons. The van der Waals surface area contributed by atoms with Gasteiger partial charge in [-0.3, -0.25) is 4.79 Å². The summed E-state index contributed by atoms with van der Waals surface area (Å²) >= 11 is 1.55. The zero-order valence-electron chi connectivity index (χ0n) is 12.2. The molecule has 0 aliphatic carbocycles. The Bertz CT molecular complexity index is 748. The lowest BCUT2D eigenvalue weighted by atomic mass is 10.1. The molecule has 0 fully saturated rings. The van der Waals surface area contributed by atoms with E-state index in [1.54, 1.807) is 23.5 Å². The second-order valence-corrected chi connectivity index (χ2v) is 5.75. The van der Waals surface area contributed by atoms with Gasteiger partial charge in [0.25, 0.3) is 0 Å². The number of para-hydroxylation sites is 1. The van der Waals surface area contributed by atoms with Gasteiger partial charge in [0.05, 0.1) is 23.4 Å². The average Bonchev–Trinajstić information content (AvgIpc) is 2.96. The third-order valence-electron chi connectivity index (χ3n) is 3.18. The molecule has 1 heterocycles. The molecule has 5 heteroatoms. The van der Waals surface area contributed by atoms with Crippen LogP contribution in [0.4, 0.5) is 5.13 Å². The summed E-state index contributed by atoms with van der Waals surface area (Å²) in [6, 6.07) is 15.1. The number of ether oxygens (including phenoxy) is 1. The summed E-state index contributed by atoms with van der Waals surface area (Å²) in [4.78, 5) is 16.6. The van der Waals surface area contributed by atoms with Crippen LogP contribution in [0.15, 0.2) is 48.5 Å². The fraction of sp³-hybridized carbons (Fsp3) is 0.176. The van der Waals surface area contributed by atoms with Crippen molar-refractivity contribution in [1.29, 1.82) is 0 Å². The Labute approximate surface area is 132 Å². The Kier molecular flexibility index (Phi) is 4.34. The zero-order chi connectivity index (χ0) is 15.4. The molecular weight excluding hydrogens is 296 g/mol. The standard InChI is InChI=1S/C17H16N2O2S/c1-2-21-13-9-7-12(8-10-13)15(20)11-18-17-19-14-5-3-4-6-16(14)22-17/h3-10H,2,11H2,1H3,(H,18,19). The highest BCUT2D eigenvalue weighted by Crippen LogP contribution is 2.25. The molecule has 0 bridgehead atoms. The first-order valence-electron chi connectivity index (χ1n) is 7.12. The topological polar surface area (TPSA) is 51.2 Å². The van der Waals surface area contributed by atoms with Crippen LogP contribution in [-0.4, -0.2) is 23.9 Å². The molecule has 0 unspecified atom stereocenters. The highest BCUT2D eigenvalue weighted by atomic mass is 32.1. The molecule has 0 saturated carbocycles. The fourth-order valence-electron chi connectivity index (χ4n) is 2.11. The van der Waals surface area contributed by atoms with Gasteiger partial charge >= 0.3 is 0 Å². The Morgan fingerprint density at radius 2 is 1.95 bits per heavy atom. The van der Waals surface area contributed by atoms with E-state index in [1.165, 1.54) is 0 Å². The van der Waals surface area contributed by atoms with E-state index < -0.39 is 0 Å². The van der Waals surface area contributed by atoms with E-state index in [0.717, 1.165) is 21.1 Å². The molecule has 0 aliphatic rings. The second-order valence-electron chi connectivity index (χ2n) is 4.72. The van der Waals surface area contributed by atoms with Crippen LogP contribution in [0, 0.1) is 0 Å². The molecule has 0 saturated heterocycles. The molecular formula is C17H16N2O2S. The summed E-state index contributed by atoms with van der Waals surface area (Å²) in [7, 11) is 0. The van der Waals surface area contributed by atoms with Crippen LogP contribution < -0.4 is 10.1 Å². The number of benzene rings is 2. The number of thiazole rings is 1. The van der Waals surface area contributed by atoms with E-state index in [2.05, 4.69) is 10.3 Å². The van der Waals surface area contributed by atoms with Crippen molar-refractivity contribution >= 4 is 32.5 Å². The molecule has 0 amide bonds. The van der Waals surface area contributed by atoms with Crippen LogP contribution in [0.5, 0.6) is 5.75 Å². The predicted octanol–water partition coefficient (Wildman–Crippen LogP) is 3.99. The summed E-state index contributed by atoms with van der Waals surface area (Å²) in [5, 5.41) is 3.86. The largest absolute Gasteiger partial charge is 0.494 e. The SMILES string of the molecule is CCOc1ccc(C(=O)CNc2nc3ccccc3s2)cc1. The maximum Gasteiger partial charge on any atom is 0.184 e. The first-order chi connectivity index (χ1) is 10.8. The minimum Gasteiger partial charge on any atom is -0.494 e. The normalized spacial score (nSPS) is 10.6. The number of anilines is 1. The first-order valence-corrected chi connectivity index (χ1v) is 7.93. The maximum absolute atomic E-state index is 12.2. The van der Waals surface area contributed by atoms with E-state index in [-0.39, 0.29) is 12.3 Å². The lowest BCUT2D eigenvalue weighted by molar-refractivity contribution is 0.101. The van der Waals surface area contributed by atoms with Crippen LogP contribution in [0.3, 0.4) is 0 Å². The highest BCUT2D eigenvalue weighted by molar-refractivity contribution is 7.22.